The number of esters is 3. The molecule has 0 amide bonds. The molecule has 0 bridgehead atoms. The van der Waals surface area contributed by atoms with Gasteiger partial charge in [-0.05, 0) is 122 Å². The number of carbonyl (C=O) groups is 3. The third kappa shape index (κ3) is 55.0. The second-order valence-corrected chi connectivity index (χ2v) is 18.8. The molecule has 1 atom stereocenters. The van der Waals surface area contributed by atoms with Gasteiger partial charge in [-0.2, -0.15) is 0 Å². The Morgan fingerprint density at radius 3 is 0.886 bits per heavy atom. The topological polar surface area (TPSA) is 78.9 Å². The van der Waals surface area contributed by atoms with Crippen LogP contribution in [0.2, 0.25) is 0 Å². The van der Waals surface area contributed by atoms with Crippen molar-refractivity contribution in [3.63, 3.8) is 0 Å². The van der Waals surface area contributed by atoms with E-state index in [1.807, 2.05) is 0 Å². The standard InChI is InChI=1S/C64H106O6/c1-4-7-10-13-16-19-22-25-28-30-31-32-33-34-37-39-42-45-48-51-54-57-63(66)69-60-61(59-68-62(65)56-53-50-47-44-41-38-35-27-24-21-18-15-12-9-6-3)70-64(67)58-55-52-49-46-43-40-36-29-26-23-20-17-14-11-8-5-2/h7,9-10,12,16,18-19,21,25,27-29,31-32,34-37,61H,4-6,8,11,13-15,17,20,22-24,26,30,33,38-60H2,1-3H3/b10-7-,12-9-,19-16-,21-18-,28-25-,32-31-,35-27-,36-29-,37-34-. The normalized spacial score (nSPS) is 12.9. The SMILES string of the molecule is CC/C=C\C/C=C\C/C=C\C/C=C\C/C=C\CCCCCCCC(=O)OCC(COC(=O)CCCCCCC/C=C\C/C=C\C/C=C\CC)OC(=O)CCCCCCC/C=C\CCCCCCCCC. The van der Waals surface area contributed by atoms with Gasteiger partial charge in [-0.15, -0.1) is 0 Å². The van der Waals surface area contributed by atoms with Crippen LogP contribution in [0.3, 0.4) is 0 Å². The van der Waals surface area contributed by atoms with Gasteiger partial charge in [0, 0.05) is 19.3 Å². The molecule has 0 N–H and O–H groups in total. The molecular weight excluding hydrogens is 865 g/mol. The summed E-state index contributed by atoms with van der Waals surface area (Å²) in [7, 11) is 0. The Hall–Kier alpha value is -3.93. The zero-order chi connectivity index (χ0) is 50.7. The van der Waals surface area contributed by atoms with Crippen molar-refractivity contribution in [2.24, 2.45) is 0 Å². The van der Waals surface area contributed by atoms with Gasteiger partial charge in [-0.1, -0.05) is 226 Å². The summed E-state index contributed by atoms with van der Waals surface area (Å²) in [6.07, 6.45) is 77.9. The fraction of sp³-hybridized carbons (Fsp3) is 0.672. The van der Waals surface area contributed by atoms with E-state index in [0.717, 1.165) is 161 Å². The molecule has 6 nitrogen and oxygen atoms in total. The fourth-order valence-corrected chi connectivity index (χ4v) is 7.71. The number of hydrogen-bond donors (Lipinski definition) is 0. The smallest absolute Gasteiger partial charge is 0.306 e. The van der Waals surface area contributed by atoms with Gasteiger partial charge in [-0.25, -0.2) is 0 Å². The maximum absolute atomic E-state index is 12.9. The lowest BCUT2D eigenvalue weighted by Gasteiger charge is -2.18. The number of rotatable bonds is 51. The van der Waals surface area contributed by atoms with E-state index < -0.39 is 6.10 Å². The van der Waals surface area contributed by atoms with Gasteiger partial charge in [0.2, 0.25) is 0 Å². The van der Waals surface area contributed by atoms with Crippen LogP contribution in [-0.4, -0.2) is 37.2 Å². The predicted octanol–water partition coefficient (Wildman–Crippen LogP) is 19.5. The predicted molar refractivity (Wildman–Crippen MR) is 302 cm³/mol. The Balaban J connectivity index is 4.46. The number of carbonyl (C=O) groups excluding carboxylic acids is 3. The molecule has 6 heteroatoms. The van der Waals surface area contributed by atoms with Gasteiger partial charge >= 0.3 is 17.9 Å². The third-order valence-corrected chi connectivity index (χ3v) is 12.0. The van der Waals surface area contributed by atoms with E-state index in [1.165, 1.54) is 57.8 Å². The number of allylic oxidation sites excluding steroid dienone is 18. The molecule has 70 heavy (non-hydrogen) atoms. The highest BCUT2D eigenvalue weighted by atomic mass is 16.6. The van der Waals surface area contributed by atoms with Gasteiger partial charge in [0.15, 0.2) is 6.10 Å². The Kier molecular flexibility index (Phi) is 54.4. The molecule has 0 fully saturated rings. The summed E-state index contributed by atoms with van der Waals surface area (Å²) >= 11 is 0. The summed E-state index contributed by atoms with van der Waals surface area (Å²) in [5.41, 5.74) is 0. The Morgan fingerprint density at radius 1 is 0.300 bits per heavy atom. The summed E-state index contributed by atoms with van der Waals surface area (Å²) in [5.74, 6) is -0.940. The van der Waals surface area contributed by atoms with E-state index in [9.17, 15) is 14.4 Å². The molecule has 0 aliphatic rings. The van der Waals surface area contributed by atoms with Gasteiger partial charge in [0.25, 0.3) is 0 Å². The minimum atomic E-state index is -0.800. The van der Waals surface area contributed by atoms with Crippen molar-refractivity contribution < 1.29 is 28.6 Å². The Bertz CT molecular complexity index is 1440. The minimum absolute atomic E-state index is 0.0980. The van der Waals surface area contributed by atoms with Crippen molar-refractivity contribution in [1.82, 2.24) is 0 Å². The van der Waals surface area contributed by atoms with Gasteiger partial charge in [0.05, 0.1) is 0 Å². The summed E-state index contributed by atoms with van der Waals surface area (Å²) in [4.78, 5) is 38.2. The van der Waals surface area contributed by atoms with E-state index in [2.05, 4.69) is 130 Å². The van der Waals surface area contributed by atoms with Crippen LogP contribution in [0.25, 0.3) is 0 Å². The summed E-state index contributed by atoms with van der Waals surface area (Å²) in [6.45, 7) is 6.38. The van der Waals surface area contributed by atoms with Crippen molar-refractivity contribution in [3.05, 3.63) is 109 Å². The van der Waals surface area contributed by atoms with E-state index in [0.29, 0.717) is 19.3 Å². The number of ether oxygens (including phenoxy) is 3. The highest BCUT2D eigenvalue weighted by Gasteiger charge is 2.19. The van der Waals surface area contributed by atoms with Gasteiger partial charge < -0.3 is 14.2 Å². The zero-order valence-electron chi connectivity index (χ0n) is 45.5. The molecule has 1 unspecified atom stereocenters. The molecule has 0 aliphatic heterocycles. The van der Waals surface area contributed by atoms with E-state index in [-0.39, 0.29) is 31.1 Å². The summed E-state index contributed by atoms with van der Waals surface area (Å²) < 4.78 is 16.8. The second kappa shape index (κ2) is 57.6. The second-order valence-electron chi connectivity index (χ2n) is 18.8. The molecule has 0 aromatic heterocycles. The maximum atomic E-state index is 12.9. The largest absolute Gasteiger partial charge is 0.462 e. The number of unbranched alkanes of at least 4 members (excludes halogenated alkanes) is 22. The van der Waals surface area contributed by atoms with Gasteiger partial charge in [0.1, 0.15) is 13.2 Å². The van der Waals surface area contributed by atoms with E-state index in [4.69, 9.17) is 14.2 Å². The quantitative estimate of drug-likeness (QED) is 0.0262. The van der Waals surface area contributed by atoms with Crippen LogP contribution in [0.5, 0.6) is 0 Å². The lowest BCUT2D eigenvalue weighted by Crippen LogP contribution is -2.30. The van der Waals surface area contributed by atoms with Crippen LogP contribution in [0.1, 0.15) is 258 Å². The lowest BCUT2D eigenvalue weighted by molar-refractivity contribution is -0.167. The van der Waals surface area contributed by atoms with Crippen molar-refractivity contribution in [2.75, 3.05) is 13.2 Å². The van der Waals surface area contributed by atoms with Crippen molar-refractivity contribution in [3.8, 4) is 0 Å². The van der Waals surface area contributed by atoms with Crippen molar-refractivity contribution >= 4 is 17.9 Å². The zero-order valence-corrected chi connectivity index (χ0v) is 45.5. The van der Waals surface area contributed by atoms with Crippen LogP contribution in [0.15, 0.2) is 109 Å². The highest BCUT2D eigenvalue weighted by Crippen LogP contribution is 2.14. The molecule has 0 saturated carbocycles. The third-order valence-electron chi connectivity index (χ3n) is 12.0. The molecule has 0 saturated heterocycles. The van der Waals surface area contributed by atoms with Crippen LogP contribution in [0.4, 0.5) is 0 Å². The molecule has 0 aromatic carbocycles. The monoisotopic (exact) mass is 971 g/mol. The molecule has 0 spiro atoms. The molecule has 0 aromatic rings. The molecule has 0 radical (unpaired) electrons. The van der Waals surface area contributed by atoms with Crippen LogP contribution in [0, 0.1) is 0 Å². The van der Waals surface area contributed by atoms with E-state index >= 15 is 0 Å². The molecule has 0 aliphatic carbocycles. The lowest BCUT2D eigenvalue weighted by atomic mass is 10.1. The first-order chi connectivity index (χ1) is 34.5. The molecule has 0 rings (SSSR count). The van der Waals surface area contributed by atoms with Crippen LogP contribution in [-0.2, 0) is 28.6 Å². The summed E-state index contributed by atoms with van der Waals surface area (Å²) in [6, 6.07) is 0. The molecule has 398 valence electrons. The first kappa shape index (κ1) is 66.1. The highest BCUT2D eigenvalue weighted by molar-refractivity contribution is 5.71. The fourth-order valence-electron chi connectivity index (χ4n) is 7.71. The Morgan fingerprint density at radius 2 is 0.557 bits per heavy atom. The average molecular weight is 972 g/mol. The minimum Gasteiger partial charge on any atom is -0.462 e. The van der Waals surface area contributed by atoms with Gasteiger partial charge in [-0.3, -0.25) is 14.4 Å². The van der Waals surface area contributed by atoms with Crippen LogP contribution >= 0.6 is 0 Å². The number of hydrogen-bond acceptors (Lipinski definition) is 6. The summed E-state index contributed by atoms with van der Waals surface area (Å²) in [5, 5.41) is 0. The molecular formula is C64H106O6. The molecule has 0 heterocycles. The first-order valence-corrected chi connectivity index (χ1v) is 28.9. The van der Waals surface area contributed by atoms with E-state index in [1.54, 1.807) is 0 Å². The van der Waals surface area contributed by atoms with Crippen molar-refractivity contribution in [1.29, 1.82) is 0 Å². The first-order valence-electron chi connectivity index (χ1n) is 28.9. The van der Waals surface area contributed by atoms with Crippen molar-refractivity contribution in [2.45, 2.75) is 264 Å². The average Bonchev–Trinajstić information content (AvgIpc) is 3.36. The maximum Gasteiger partial charge on any atom is 0.306 e. The van der Waals surface area contributed by atoms with Crippen LogP contribution < -0.4 is 0 Å². The Labute approximate surface area is 431 Å².